The van der Waals surface area contributed by atoms with Crippen molar-refractivity contribution in [3.63, 3.8) is 0 Å². The molecule has 2 amide bonds. The van der Waals surface area contributed by atoms with E-state index in [0.29, 0.717) is 13.1 Å². The average Bonchev–Trinajstić information content (AvgIpc) is 2.34. The third-order valence-corrected chi connectivity index (χ3v) is 2.01. The molecular weight excluding hydrogens is 204 g/mol. The first kappa shape index (κ1) is 12.0. The van der Waals surface area contributed by atoms with Crippen LogP contribution in [0, 0.1) is 11.3 Å². The number of hydrogen-bond donors (Lipinski definition) is 3. The Kier molecular flexibility index (Phi) is 4.83. The summed E-state index contributed by atoms with van der Waals surface area (Å²) in [5.41, 5.74) is 7.51. The highest BCUT2D eigenvalue weighted by molar-refractivity contribution is 5.74. The predicted octanol–water partition coefficient (Wildman–Crippen LogP) is 0.468. The summed E-state index contributed by atoms with van der Waals surface area (Å²) in [5, 5.41) is 13.3. The highest BCUT2D eigenvalue weighted by Crippen LogP contribution is 2.03. The Morgan fingerprint density at radius 2 is 2.12 bits per heavy atom. The maximum Gasteiger partial charge on any atom is 0.315 e. The van der Waals surface area contributed by atoms with Crippen LogP contribution in [0.1, 0.15) is 11.1 Å². The van der Waals surface area contributed by atoms with E-state index in [0.717, 1.165) is 11.1 Å². The maximum absolute atomic E-state index is 11.1. The molecule has 1 aromatic rings. The zero-order chi connectivity index (χ0) is 11.8. The molecule has 0 spiro atoms. The number of hydrogen-bond acceptors (Lipinski definition) is 3. The largest absolute Gasteiger partial charge is 0.334 e. The Hall–Kier alpha value is -2.06. The van der Waals surface area contributed by atoms with Gasteiger partial charge >= 0.3 is 6.03 Å². The van der Waals surface area contributed by atoms with Gasteiger partial charge in [0.05, 0.1) is 6.07 Å². The number of urea groups is 1. The SMILES string of the molecule is N#CCNC(=O)NCc1cccc(CN)c1. The summed E-state index contributed by atoms with van der Waals surface area (Å²) < 4.78 is 0. The molecule has 5 heteroatoms. The fraction of sp³-hybridized carbons (Fsp3) is 0.273. The Balaban J connectivity index is 2.42. The second-order valence-electron chi connectivity index (χ2n) is 3.22. The van der Waals surface area contributed by atoms with Crippen LogP contribution >= 0.6 is 0 Å². The lowest BCUT2D eigenvalue weighted by molar-refractivity contribution is 0.241. The van der Waals surface area contributed by atoms with Gasteiger partial charge in [-0.3, -0.25) is 0 Å². The molecule has 0 bridgehead atoms. The van der Waals surface area contributed by atoms with Gasteiger partial charge in [0, 0.05) is 13.1 Å². The Morgan fingerprint density at radius 1 is 1.38 bits per heavy atom. The van der Waals surface area contributed by atoms with Gasteiger partial charge in [-0.05, 0) is 11.1 Å². The van der Waals surface area contributed by atoms with Gasteiger partial charge in [-0.1, -0.05) is 24.3 Å². The molecule has 0 radical (unpaired) electrons. The average molecular weight is 218 g/mol. The summed E-state index contributed by atoms with van der Waals surface area (Å²) in [7, 11) is 0. The lowest BCUT2D eigenvalue weighted by Gasteiger charge is -2.06. The molecule has 0 atom stereocenters. The van der Waals surface area contributed by atoms with Crippen LogP contribution in [0.4, 0.5) is 4.79 Å². The summed E-state index contributed by atoms with van der Waals surface area (Å²) in [4.78, 5) is 11.1. The van der Waals surface area contributed by atoms with Gasteiger partial charge in [0.25, 0.3) is 0 Å². The van der Waals surface area contributed by atoms with E-state index in [4.69, 9.17) is 11.0 Å². The van der Waals surface area contributed by atoms with Crippen LogP contribution in [0.3, 0.4) is 0 Å². The van der Waals surface area contributed by atoms with Crippen molar-refractivity contribution < 1.29 is 4.79 Å². The molecule has 1 rings (SSSR count). The first-order chi connectivity index (χ1) is 7.76. The fourth-order valence-electron chi connectivity index (χ4n) is 1.23. The van der Waals surface area contributed by atoms with Crippen LogP contribution in [0.25, 0.3) is 0 Å². The van der Waals surface area contributed by atoms with Crippen molar-refractivity contribution in [3.05, 3.63) is 35.4 Å². The number of nitrogens with one attached hydrogen (secondary N) is 2. The molecule has 5 nitrogen and oxygen atoms in total. The molecule has 0 aliphatic heterocycles. The summed E-state index contributed by atoms with van der Waals surface area (Å²) >= 11 is 0. The van der Waals surface area contributed by atoms with Crippen molar-refractivity contribution >= 4 is 6.03 Å². The molecule has 4 N–H and O–H groups in total. The minimum atomic E-state index is -0.347. The summed E-state index contributed by atoms with van der Waals surface area (Å²) in [5.74, 6) is 0. The highest BCUT2D eigenvalue weighted by atomic mass is 16.2. The standard InChI is InChI=1S/C11H14N4O/c12-4-5-14-11(16)15-8-10-3-1-2-9(6-10)7-13/h1-3,6H,5,7-8,13H2,(H2,14,15,16). The highest BCUT2D eigenvalue weighted by Gasteiger charge is 1.99. The van der Waals surface area contributed by atoms with Crippen molar-refractivity contribution in [3.8, 4) is 6.07 Å². The quantitative estimate of drug-likeness (QED) is 0.641. The number of carbonyl (C=O) groups is 1. The second kappa shape index (κ2) is 6.43. The number of nitriles is 1. The summed E-state index contributed by atoms with van der Waals surface area (Å²) in [6.45, 7) is 0.911. The van der Waals surface area contributed by atoms with Gasteiger partial charge in [-0.25, -0.2) is 4.79 Å². The molecule has 0 heterocycles. The van der Waals surface area contributed by atoms with Crippen molar-refractivity contribution in [2.24, 2.45) is 5.73 Å². The zero-order valence-electron chi connectivity index (χ0n) is 8.86. The lowest BCUT2D eigenvalue weighted by atomic mass is 10.1. The molecule has 84 valence electrons. The number of carbonyl (C=O) groups excluding carboxylic acids is 1. The van der Waals surface area contributed by atoms with Crippen LogP contribution in [0.15, 0.2) is 24.3 Å². The normalized spacial score (nSPS) is 9.25. The first-order valence-electron chi connectivity index (χ1n) is 4.93. The third kappa shape index (κ3) is 3.98. The molecule has 0 aromatic heterocycles. The van der Waals surface area contributed by atoms with E-state index < -0.39 is 0 Å². The van der Waals surface area contributed by atoms with E-state index in [9.17, 15) is 4.79 Å². The van der Waals surface area contributed by atoms with E-state index in [1.807, 2.05) is 30.3 Å². The van der Waals surface area contributed by atoms with Gasteiger partial charge in [-0.15, -0.1) is 0 Å². The van der Waals surface area contributed by atoms with Crippen LogP contribution in [0.2, 0.25) is 0 Å². The van der Waals surface area contributed by atoms with Gasteiger partial charge in [0.2, 0.25) is 0 Å². The van der Waals surface area contributed by atoms with Crippen molar-refractivity contribution in [1.29, 1.82) is 5.26 Å². The van der Waals surface area contributed by atoms with Crippen LogP contribution in [-0.2, 0) is 13.1 Å². The zero-order valence-corrected chi connectivity index (χ0v) is 8.86. The molecule has 0 saturated heterocycles. The monoisotopic (exact) mass is 218 g/mol. The molecule has 0 aliphatic carbocycles. The van der Waals surface area contributed by atoms with Gasteiger partial charge in [0.1, 0.15) is 6.54 Å². The number of rotatable bonds is 4. The van der Waals surface area contributed by atoms with Crippen molar-refractivity contribution in [2.75, 3.05) is 6.54 Å². The molecular formula is C11H14N4O. The number of nitrogens with two attached hydrogens (primary N) is 1. The summed E-state index contributed by atoms with van der Waals surface area (Å²) in [6, 6.07) is 9.15. The number of amides is 2. The fourth-order valence-corrected chi connectivity index (χ4v) is 1.23. The number of benzene rings is 1. The second-order valence-corrected chi connectivity index (χ2v) is 3.22. The predicted molar refractivity (Wildman–Crippen MR) is 60.2 cm³/mol. The smallest absolute Gasteiger partial charge is 0.315 e. The van der Waals surface area contributed by atoms with Crippen LogP contribution < -0.4 is 16.4 Å². The van der Waals surface area contributed by atoms with E-state index in [1.165, 1.54) is 0 Å². The Morgan fingerprint density at radius 3 is 2.81 bits per heavy atom. The van der Waals surface area contributed by atoms with E-state index in [-0.39, 0.29) is 12.6 Å². The van der Waals surface area contributed by atoms with Crippen molar-refractivity contribution in [2.45, 2.75) is 13.1 Å². The topological polar surface area (TPSA) is 90.9 Å². The third-order valence-electron chi connectivity index (χ3n) is 2.01. The minimum Gasteiger partial charge on any atom is -0.334 e. The minimum absolute atomic E-state index is 0.00860. The first-order valence-corrected chi connectivity index (χ1v) is 4.93. The number of nitrogens with zero attached hydrogens (tertiary/aromatic N) is 1. The van der Waals surface area contributed by atoms with Gasteiger partial charge in [0.15, 0.2) is 0 Å². The Bertz CT molecular complexity index is 397. The Labute approximate surface area is 94.2 Å². The maximum atomic E-state index is 11.1. The lowest BCUT2D eigenvalue weighted by Crippen LogP contribution is -2.35. The molecule has 16 heavy (non-hydrogen) atoms. The molecule has 0 aliphatic rings. The molecule has 0 saturated carbocycles. The molecule has 0 fully saturated rings. The van der Waals surface area contributed by atoms with Crippen LogP contribution in [-0.4, -0.2) is 12.6 Å². The summed E-state index contributed by atoms with van der Waals surface area (Å²) in [6.07, 6.45) is 0. The molecule has 1 aromatic carbocycles. The van der Waals surface area contributed by atoms with Gasteiger partial charge < -0.3 is 16.4 Å². The van der Waals surface area contributed by atoms with E-state index in [2.05, 4.69) is 10.6 Å². The van der Waals surface area contributed by atoms with Crippen LogP contribution in [0.5, 0.6) is 0 Å². The molecule has 0 unspecified atom stereocenters. The van der Waals surface area contributed by atoms with E-state index in [1.54, 1.807) is 0 Å². The van der Waals surface area contributed by atoms with E-state index >= 15 is 0 Å². The van der Waals surface area contributed by atoms with Gasteiger partial charge in [-0.2, -0.15) is 5.26 Å². The van der Waals surface area contributed by atoms with Crippen molar-refractivity contribution in [1.82, 2.24) is 10.6 Å².